The van der Waals surface area contributed by atoms with E-state index in [0.29, 0.717) is 22.8 Å². The lowest BCUT2D eigenvalue weighted by molar-refractivity contribution is 0.839. The fourth-order valence-corrected chi connectivity index (χ4v) is 3.68. The molecule has 0 heterocycles. The maximum absolute atomic E-state index is 12.8. The summed E-state index contributed by atoms with van der Waals surface area (Å²) in [5.74, 6) is 0. The number of anilines is 3. The molecular formula is C22H18N2O2-2. The van der Waals surface area contributed by atoms with Gasteiger partial charge in [0.1, 0.15) is 0 Å². The van der Waals surface area contributed by atoms with Crippen molar-refractivity contribution >= 4 is 17.1 Å². The van der Waals surface area contributed by atoms with E-state index in [1.807, 2.05) is 30.4 Å². The van der Waals surface area contributed by atoms with Crippen LogP contribution >= 0.6 is 0 Å². The number of fused-ring (bicyclic) bond motifs is 2. The molecule has 2 aromatic rings. The summed E-state index contributed by atoms with van der Waals surface area (Å²) >= 11 is 0. The average Bonchev–Trinajstić information content (AvgIpc) is 2.63. The van der Waals surface area contributed by atoms with Crippen LogP contribution in [0.1, 0.15) is 24.0 Å². The maximum atomic E-state index is 12.8. The van der Waals surface area contributed by atoms with Crippen molar-refractivity contribution in [1.29, 1.82) is 0 Å². The molecule has 4 heteroatoms. The van der Waals surface area contributed by atoms with Gasteiger partial charge in [-0.15, -0.1) is 0 Å². The van der Waals surface area contributed by atoms with Crippen molar-refractivity contribution in [3.63, 3.8) is 0 Å². The molecular weight excluding hydrogens is 324 g/mol. The highest BCUT2D eigenvalue weighted by Gasteiger charge is 2.18. The predicted molar refractivity (Wildman–Crippen MR) is 105 cm³/mol. The molecule has 0 spiro atoms. The first-order chi connectivity index (χ1) is 12.7. The summed E-state index contributed by atoms with van der Waals surface area (Å²) in [6, 6.07) is 12.7. The average molecular weight is 342 g/mol. The second-order valence-electron chi connectivity index (χ2n) is 7.00. The third kappa shape index (κ3) is 2.46. The Labute approximate surface area is 152 Å². The van der Waals surface area contributed by atoms with Crippen LogP contribution in [0.4, 0.5) is 17.1 Å². The molecule has 0 saturated carbocycles. The predicted octanol–water partition coefficient (Wildman–Crippen LogP) is 5.27. The largest absolute Gasteiger partial charge is 0.754 e. The molecule has 130 valence electrons. The monoisotopic (exact) mass is 342 g/mol. The van der Waals surface area contributed by atoms with Crippen molar-refractivity contribution in [2.75, 3.05) is 10.1 Å². The van der Waals surface area contributed by atoms with Crippen molar-refractivity contribution in [2.24, 2.45) is 0 Å². The molecule has 0 unspecified atom stereocenters. The summed E-state index contributed by atoms with van der Waals surface area (Å²) in [5.41, 5.74) is 7.33. The van der Waals surface area contributed by atoms with Crippen LogP contribution in [-0.2, 0) is 12.8 Å². The first-order valence-electron chi connectivity index (χ1n) is 8.95. The van der Waals surface area contributed by atoms with E-state index >= 15 is 0 Å². The number of benzene rings is 2. The zero-order chi connectivity index (χ0) is 17.7. The Morgan fingerprint density at radius 1 is 0.692 bits per heavy atom. The Hall–Kier alpha value is -2.82. The van der Waals surface area contributed by atoms with E-state index in [4.69, 9.17) is 0 Å². The molecule has 0 aromatic heterocycles. The highest BCUT2D eigenvalue weighted by atomic mass is 16.5. The van der Waals surface area contributed by atoms with Gasteiger partial charge in [0.2, 0.25) is 0 Å². The van der Waals surface area contributed by atoms with Crippen LogP contribution in [0.2, 0.25) is 0 Å². The summed E-state index contributed by atoms with van der Waals surface area (Å²) < 4.78 is 0. The number of nitrogens with zero attached hydrogens (tertiary/aromatic N) is 2. The minimum atomic E-state index is 0.468. The molecule has 0 radical (unpaired) electrons. The fourth-order valence-electron chi connectivity index (χ4n) is 3.68. The van der Waals surface area contributed by atoms with E-state index in [9.17, 15) is 10.4 Å². The van der Waals surface area contributed by atoms with Crippen LogP contribution in [-0.4, -0.2) is 0 Å². The Bertz CT molecular complexity index is 987. The molecule has 2 aromatic carbocycles. The van der Waals surface area contributed by atoms with E-state index < -0.39 is 0 Å². The van der Waals surface area contributed by atoms with Gasteiger partial charge in [0.05, 0.1) is 0 Å². The highest BCUT2D eigenvalue weighted by Crippen LogP contribution is 2.37. The van der Waals surface area contributed by atoms with Gasteiger partial charge in [-0.3, -0.25) is 0 Å². The first kappa shape index (κ1) is 15.4. The molecule has 4 nitrogen and oxygen atoms in total. The van der Waals surface area contributed by atoms with Crippen molar-refractivity contribution in [3.8, 4) is 0 Å². The van der Waals surface area contributed by atoms with Crippen LogP contribution in [0.3, 0.4) is 0 Å². The molecule has 0 aliphatic heterocycles. The smallest absolute Gasteiger partial charge is 0.0324 e. The maximum Gasteiger partial charge on any atom is 0.0324 e. The van der Waals surface area contributed by atoms with Gasteiger partial charge in [-0.2, -0.15) is 0 Å². The zero-order valence-corrected chi connectivity index (χ0v) is 14.3. The molecule has 0 N–H and O–H groups in total. The molecule has 3 aliphatic rings. The van der Waals surface area contributed by atoms with Gasteiger partial charge in [-0.05, 0) is 84.4 Å². The van der Waals surface area contributed by atoms with Gasteiger partial charge >= 0.3 is 0 Å². The fraction of sp³-hybridized carbons (Fsp3) is 0.182. The standard InChI is InChI=1S/C22H18N2O2/c25-23(21-10-8-15-4-6-17(15)12-21)19-2-1-3-20(14-19)24(26)22-11-9-16-5-7-18(16)13-22/h1-4,9-14H,5-8H2/q-2. The molecule has 26 heavy (non-hydrogen) atoms. The third-order valence-electron chi connectivity index (χ3n) is 5.46. The minimum Gasteiger partial charge on any atom is -0.754 e. The van der Waals surface area contributed by atoms with Crippen molar-refractivity contribution in [2.45, 2.75) is 25.7 Å². The Balaban J connectivity index is 1.41. The van der Waals surface area contributed by atoms with E-state index in [0.717, 1.165) is 35.8 Å². The van der Waals surface area contributed by atoms with Crippen molar-refractivity contribution in [3.05, 3.63) is 99.1 Å². The molecule has 0 saturated heterocycles. The Kier molecular flexibility index (Phi) is 3.48. The van der Waals surface area contributed by atoms with Gasteiger partial charge < -0.3 is 20.5 Å². The lowest BCUT2D eigenvalue weighted by Gasteiger charge is -2.37. The number of rotatable bonds is 4. The van der Waals surface area contributed by atoms with Gasteiger partial charge in [-0.25, -0.2) is 0 Å². The molecule has 0 bridgehead atoms. The SMILES string of the molecule is [O-]N(C1=CCC2=CCC2=C1)c1cccc(N([O-])c2ccc3c(c2)CC3)c1. The van der Waals surface area contributed by atoms with E-state index in [-0.39, 0.29) is 0 Å². The minimum absolute atomic E-state index is 0.468. The van der Waals surface area contributed by atoms with Crippen LogP contribution in [0.15, 0.2) is 77.5 Å². The second kappa shape index (κ2) is 5.87. The van der Waals surface area contributed by atoms with Gasteiger partial charge in [0, 0.05) is 22.8 Å². The highest BCUT2D eigenvalue weighted by molar-refractivity contribution is 5.71. The van der Waals surface area contributed by atoms with Gasteiger partial charge in [-0.1, -0.05) is 24.3 Å². The van der Waals surface area contributed by atoms with Crippen LogP contribution in [0.25, 0.3) is 0 Å². The molecule has 3 aliphatic carbocycles. The van der Waals surface area contributed by atoms with E-state index in [1.54, 1.807) is 24.3 Å². The summed E-state index contributed by atoms with van der Waals surface area (Å²) in [5, 5.41) is 27.3. The van der Waals surface area contributed by atoms with E-state index in [1.165, 1.54) is 22.3 Å². The number of allylic oxidation sites excluding steroid dienone is 5. The van der Waals surface area contributed by atoms with Crippen LogP contribution < -0.4 is 10.1 Å². The van der Waals surface area contributed by atoms with Crippen LogP contribution in [0.5, 0.6) is 0 Å². The number of aryl methyl sites for hydroxylation is 2. The van der Waals surface area contributed by atoms with Gasteiger partial charge in [0.25, 0.3) is 0 Å². The molecule has 0 amide bonds. The summed E-state index contributed by atoms with van der Waals surface area (Å²) in [6.07, 6.45) is 9.96. The lowest BCUT2D eigenvalue weighted by Crippen LogP contribution is -2.17. The summed E-state index contributed by atoms with van der Waals surface area (Å²) in [6.45, 7) is 0. The van der Waals surface area contributed by atoms with E-state index in [2.05, 4.69) is 6.08 Å². The summed E-state index contributed by atoms with van der Waals surface area (Å²) in [4.78, 5) is 0. The quantitative estimate of drug-likeness (QED) is 0.710. The summed E-state index contributed by atoms with van der Waals surface area (Å²) in [7, 11) is 0. The number of hydroxylamine groups is 1. The lowest BCUT2D eigenvalue weighted by atomic mass is 9.85. The normalized spacial score (nSPS) is 16.9. The topological polar surface area (TPSA) is 52.6 Å². The Morgan fingerprint density at radius 2 is 1.42 bits per heavy atom. The second-order valence-corrected chi connectivity index (χ2v) is 7.00. The number of hydrogen-bond acceptors (Lipinski definition) is 4. The molecule has 5 rings (SSSR count). The van der Waals surface area contributed by atoms with Crippen molar-refractivity contribution in [1.82, 2.24) is 0 Å². The van der Waals surface area contributed by atoms with Crippen LogP contribution in [0, 0.1) is 10.4 Å². The third-order valence-corrected chi connectivity index (χ3v) is 5.46. The Morgan fingerprint density at radius 3 is 2.08 bits per heavy atom. The van der Waals surface area contributed by atoms with Crippen molar-refractivity contribution < 1.29 is 0 Å². The van der Waals surface area contributed by atoms with Gasteiger partial charge in [0.15, 0.2) is 0 Å². The zero-order valence-electron chi connectivity index (χ0n) is 14.3. The molecule has 0 atom stereocenters. The number of hydrogen-bond donors (Lipinski definition) is 0. The molecule has 0 fully saturated rings. The first-order valence-corrected chi connectivity index (χ1v) is 8.95.